The van der Waals surface area contributed by atoms with E-state index in [-0.39, 0.29) is 17.1 Å². The van der Waals surface area contributed by atoms with Crippen LogP contribution in [0.2, 0.25) is 0 Å². The van der Waals surface area contributed by atoms with Crippen molar-refractivity contribution in [2.24, 2.45) is 0 Å². The number of hydrogen-bond donors (Lipinski definition) is 1. The number of nitrogens with zero attached hydrogens (tertiary/aromatic N) is 1. The number of benzene rings is 1. The number of rotatable bonds is 4. The fourth-order valence-electron chi connectivity index (χ4n) is 1.65. The molecular formula is C12H18N2O2S. The van der Waals surface area contributed by atoms with Crippen molar-refractivity contribution in [3.63, 3.8) is 0 Å². The van der Waals surface area contributed by atoms with E-state index >= 15 is 0 Å². The molecule has 0 unspecified atom stereocenters. The van der Waals surface area contributed by atoms with E-state index in [0.29, 0.717) is 5.56 Å². The monoisotopic (exact) mass is 254 g/mol. The molecule has 94 valence electrons. The van der Waals surface area contributed by atoms with E-state index in [1.165, 1.54) is 11.4 Å². The van der Waals surface area contributed by atoms with Crippen molar-refractivity contribution in [3.8, 4) is 0 Å². The number of likely N-dealkylation sites (N-methyl/N-ethyl adjacent to an activating group) is 1. The lowest BCUT2D eigenvalue weighted by Gasteiger charge is -2.19. The smallest absolute Gasteiger partial charge is 0.245 e. The molecule has 0 aliphatic carbocycles. The van der Waals surface area contributed by atoms with E-state index in [1.54, 1.807) is 32.0 Å². The van der Waals surface area contributed by atoms with Gasteiger partial charge in [0.15, 0.2) is 0 Å². The number of sulfonamides is 1. The van der Waals surface area contributed by atoms with Gasteiger partial charge in [0.1, 0.15) is 4.90 Å². The van der Waals surface area contributed by atoms with Crippen molar-refractivity contribution < 1.29 is 8.42 Å². The highest BCUT2D eigenvalue weighted by molar-refractivity contribution is 7.89. The third-order valence-electron chi connectivity index (χ3n) is 2.40. The molecule has 0 aromatic heterocycles. The number of anilines is 1. The van der Waals surface area contributed by atoms with Gasteiger partial charge in [0.25, 0.3) is 0 Å². The fourth-order valence-corrected chi connectivity index (χ4v) is 3.19. The minimum Gasteiger partial charge on any atom is -0.398 e. The molecule has 0 radical (unpaired) electrons. The molecule has 0 saturated carbocycles. The first kappa shape index (κ1) is 13.7. The maximum atomic E-state index is 12.3. The van der Waals surface area contributed by atoms with Crippen LogP contribution in [0.1, 0.15) is 12.5 Å². The van der Waals surface area contributed by atoms with Crippen molar-refractivity contribution in [2.45, 2.75) is 18.7 Å². The Labute approximate surface area is 103 Å². The quantitative estimate of drug-likeness (QED) is 0.658. The summed E-state index contributed by atoms with van der Waals surface area (Å²) in [7, 11) is -2.02. The van der Waals surface area contributed by atoms with Crippen LogP contribution in [0.15, 0.2) is 35.2 Å². The lowest BCUT2D eigenvalue weighted by Crippen LogP contribution is -2.29. The van der Waals surface area contributed by atoms with E-state index in [2.05, 4.69) is 6.58 Å². The molecular weight excluding hydrogens is 236 g/mol. The predicted octanol–water partition coefficient (Wildman–Crippen LogP) is 1.77. The lowest BCUT2D eigenvalue weighted by atomic mass is 10.2. The highest BCUT2D eigenvalue weighted by atomic mass is 32.2. The third-order valence-corrected chi connectivity index (χ3v) is 4.43. The van der Waals surface area contributed by atoms with Gasteiger partial charge < -0.3 is 5.73 Å². The summed E-state index contributed by atoms with van der Waals surface area (Å²) in [4.78, 5) is 0.184. The summed E-state index contributed by atoms with van der Waals surface area (Å²) < 4.78 is 25.9. The van der Waals surface area contributed by atoms with Crippen LogP contribution in [0.25, 0.3) is 0 Å². The molecule has 0 aliphatic rings. The maximum absolute atomic E-state index is 12.3. The Balaban J connectivity index is 3.27. The van der Waals surface area contributed by atoms with E-state index in [4.69, 9.17) is 5.73 Å². The minimum absolute atomic E-state index is 0.184. The summed E-state index contributed by atoms with van der Waals surface area (Å²) >= 11 is 0. The van der Waals surface area contributed by atoms with Gasteiger partial charge in [-0.15, -0.1) is 0 Å². The normalized spacial score (nSPS) is 11.8. The van der Waals surface area contributed by atoms with Crippen LogP contribution in [-0.4, -0.2) is 26.3 Å². The first-order valence-corrected chi connectivity index (χ1v) is 6.66. The van der Waals surface area contributed by atoms with E-state index in [1.807, 2.05) is 0 Å². The van der Waals surface area contributed by atoms with Crippen molar-refractivity contribution in [3.05, 3.63) is 35.9 Å². The minimum atomic E-state index is -3.55. The molecule has 0 fully saturated rings. The van der Waals surface area contributed by atoms with Gasteiger partial charge in [0, 0.05) is 13.6 Å². The van der Waals surface area contributed by atoms with Crippen LogP contribution in [0.5, 0.6) is 0 Å². The predicted molar refractivity (Wildman–Crippen MR) is 70.2 cm³/mol. The molecule has 5 heteroatoms. The van der Waals surface area contributed by atoms with Gasteiger partial charge in [0.05, 0.1) is 5.69 Å². The second-order valence-electron chi connectivity index (χ2n) is 4.21. The Hall–Kier alpha value is -1.33. The molecule has 0 amide bonds. The molecule has 0 atom stereocenters. The highest BCUT2D eigenvalue weighted by Crippen LogP contribution is 2.25. The second kappa shape index (κ2) is 4.89. The molecule has 4 nitrogen and oxygen atoms in total. The summed E-state index contributed by atoms with van der Waals surface area (Å²) in [6.45, 7) is 7.52. The topological polar surface area (TPSA) is 63.4 Å². The highest BCUT2D eigenvalue weighted by Gasteiger charge is 2.24. The van der Waals surface area contributed by atoms with Gasteiger partial charge in [-0.2, -0.15) is 4.31 Å². The Bertz CT molecular complexity index is 515. The molecule has 0 heterocycles. The summed E-state index contributed by atoms with van der Waals surface area (Å²) in [6.07, 6.45) is 0. The van der Waals surface area contributed by atoms with Gasteiger partial charge >= 0.3 is 0 Å². The molecule has 0 spiro atoms. The Morgan fingerprint density at radius 3 is 2.53 bits per heavy atom. The van der Waals surface area contributed by atoms with Gasteiger partial charge in [-0.25, -0.2) is 8.42 Å². The molecule has 0 bridgehead atoms. The van der Waals surface area contributed by atoms with E-state index in [9.17, 15) is 8.42 Å². The fraction of sp³-hybridized carbons (Fsp3) is 0.333. The summed E-state index contributed by atoms with van der Waals surface area (Å²) in [5.74, 6) is 0. The molecule has 1 aromatic carbocycles. The van der Waals surface area contributed by atoms with Crippen LogP contribution in [0, 0.1) is 6.92 Å². The number of nitrogen functional groups attached to an aromatic ring is 1. The van der Waals surface area contributed by atoms with Crippen LogP contribution < -0.4 is 5.73 Å². The zero-order valence-corrected chi connectivity index (χ0v) is 11.2. The van der Waals surface area contributed by atoms with Crippen molar-refractivity contribution in [2.75, 3.05) is 19.3 Å². The SMILES string of the molecule is C=C(C)CN(C)S(=O)(=O)c1c(C)cccc1N. The first-order chi connectivity index (χ1) is 7.76. The van der Waals surface area contributed by atoms with Crippen LogP contribution in [0.4, 0.5) is 5.69 Å². The van der Waals surface area contributed by atoms with Gasteiger partial charge in [-0.3, -0.25) is 0 Å². The van der Waals surface area contributed by atoms with Crippen LogP contribution in [0.3, 0.4) is 0 Å². The number of aryl methyl sites for hydroxylation is 1. The van der Waals surface area contributed by atoms with E-state index < -0.39 is 10.0 Å². The Morgan fingerprint density at radius 2 is 2.06 bits per heavy atom. The largest absolute Gasteiger partial charge is 0.398 e. The lowest BCUT2D eigenvalue weighted by molar-refractivity contribution is 0.493. The average molecular weight is 254 g/mol. The Morgan fingerprint density at radius 1 is 1.47 bits per heavy atom. The van der Waals surface area contributed by atoms with Crippen LogP contribution >= 0.6 is 0 Å². The molecule has 2 N–H and O–H groups in total. The number of nitrogens with two attached hydrogens (primary N) is 1. The molecule has 17 heavy (non-hydrogen) atoms. The van der Waals surface area contributed by atoms with Crippen molar-refractivity contribution in [1.29, 1.82) is 0 Å². The third kappa shape index (κ3) is 2.87. The zero-order valence-electron chi connectivity index (χ0n) is 10.4. The summed E-state index contributed by atoms with van der Waals surface area (Å²) in [5.41, 5.74) is 7.46. The summed E-state index contributed by atoms with van der Waals surface area (Å²) in [6, 6.07) is 5.06. The van der Waals surface area contributed by atoms with Gasteiger partial charge in [0.2, 0.25) is 10.0 Å². The average Bonchev–Trinajstić information content (AvgIpc) is 2.15. The molecule has 1 rings (SSSR count). The summed E-state index contributed by atoms with van der Waals surface area (Å²) in [5, 5.41) is 0. The zero-order chi connectivity index (χ0) is 13.2. The Kier molecular flexibility index (Phi) is 3.95. The molecule has 0 saturated heterocycles. The molecule has 1 aromatic rings. The molecule has 0 aliphatic heterocycles. The number of hydrogen-bond acceptors (Lipinski definition) is 3. The van der Waals surface area contributed by atoms with Crippen LogP contribution in [-0.2, 0) is 10.0 Å². The standard InChI is InChI=1S/C12H18N2O2S/c1-9(2)8-14(4)17(15,16)12-10(3)6-5-7-11(12)13/h5-7H,1,8,13H2,2-4H3. The van der Waals surface area contributed by atoms with Crippen molar-refractivity contribution >= 4 is 15.7 Å². The van der Waals surface area contributed by atoms with Crippen molar-refractivity contribution in [1.82, 2.24) is 4.31 Å². The van der Waals surface area contributed by atoms with E-state index in [0.717, 1.165) is 5.57 Å². The van der Waals surface area contributed by atoms with Gasteiger partial charge in [-0.05, 0) is 25.5 Å². The second-order valence-corrected chi connectivity index (χ2v) is 6.19. The van der Waals surface area contributed by atoms with Gasteiger partial charge in [-0.1, -0.05) is 24.3 Å². The first-order valence-electron chi connectivity index (χ1n) is 5.22. The maximum Gasteiger partial charge on any atom is 0.245 e.